The first kappa shape index (κ1) is 15.6. The number of fused-ring (bicyclic) bond motifs is 3. The molecule has 2 aromatic heterocycles. The molecule has 0 radical (unpaired) electrons. The van der Waals surface area contributed by atoms with Gasteiger partial charge in [-0.1, -0.05) is 24.3 Å². The van der Waals surface area contributed by atoms with E-state index in [0.717, 1.165) is 10.8 Å². The van der Waals surface area contributed by atoms with Crippen molar-refractivity contribution in [3.05, 3.63) is 42.4 Å². The van der Waals surface area contributed by atoms with Crippen LogP contribution in [0.3, 0.4) is 0 Å². The lowest BCUT2D eigenvalue weighted by atomic mass is 10.2. The monoisotopic (exact) mass is 324 g/mol. The molecule has 0 saturated heterocycles. The average Bonchev–Trinajstić information content (AvgIpc) is 3.02. The number of nitrogens with one attached hydrogen (secondary N) is 2. The second-order valence-corrected chi connectivity index (χ2v) is 5.03. The first-order chi connectivity index (χ1) is 11.7. The molecule has 2 heterocycles. The summed E-state index contributed by atoms with van der Waals surface area (Å²) < 4.78 is 1.57. The minimum Gasteiger partial charge on any atom is -0.355 e. The summed E-state index contributed by atoms with van der Waals surface area (Å²) in [6.07, 6.45) is 4.53. The van der Waals surface area contributed by atoms with Crippen LogP contribution in [0.25, 0.3) is 22.5 Å². The lowest BCUT2D eigenvalue weighted by Crippen LogP contribution is -2.36. The Hall–Kier alpha value is -3.29. The van der Waals surface area contributed by atoms with Crippen molar-refractivity contribution in [2.75, 3.05) is 13.1 Å². The topological polar surface area (TPSA) is 101 Å². The Balaban J connectivity index is 1.77. The van der Waals surface area contributed by atoms with Crippen molar-refractivity contribution in [2.24, 2.45) is 0 Å². The van der Waals surface area contributed by atoms with Crippen LogP contribution in [0.2, 0.25) is 0 Å². The molecule has 2 N–H and O–H groups in total. The van der Waals surface area contributed by atoms with Crippen LogP contribution in [0.1, 0.15) is 12.7 Å². The molecule has 0 atom stereocenters. The fourth-order valence-corrected chi connectivity index (χ4v) is 2.25. The van der Waals surface area contributed by atoms with E-state index in [0.29, 0.717) is 18.0 Å². The van der Waals surface area contributed by atoms with Crippen LogP contribution in [0, 0.1) is 0 Å². The van der Waals surface area contributed by atoms with Crippen LogP contribution >= 0.6 is 0 Å². The maximum absolute atomic E-state index is 11.7. The van der Waals surface area contributed by atoms with Gasteiger partial charge in [-0.2, -0.15) is 9.61 Å². The summed E-state index contributed by atoms with van der Waals surface area (Å²) in [5.41, 5.74) is 0.621. The second-order valence-electron chi connectivity index (χ2n) is 5.03. The summed E-state index contributed by atoms with van der Waals surface area (Å²) in [5.74, 6) is -0.192. The molecule has 0 aliphatic rings. The van der Waals surface area contributed by atoms with Gasteiger partial charge in [0.2, 0.25) is 11.8 Å². The number of aromatic nitrogens is 4. The summed E-state index contributed by atoms with van der Waals surface area (Å²) in [6.45, 7) is 2.27. The lowest BCUT2D eigenvalue weighted by molar-refractivity contribution is -0.123. The summed E-state index contributed by atoms with van der Waals surface area (Å²) in [7, 11) is 0. The van der Waals surface area contributed by atoms with Gasteiger partial charge in [-0.15, -0.1) is 10.2 Å². The molecule has 0 saturated carbocycles. The van der Waals surface area contributed by atoms with E-state index in [-0.39, 0.29) is 12.5 Å². The van der Waals surface area contributed by atoms with Crippen molar-refractivity contribution in [3.63, 3.8) is 0 Å². The predicted octanol–water partition coefficient (Wildman–Crippen LogP) is 0.543. The molecule has 8 heteroatoms. The van der Waals surface area contributed by atoms with Gasteiger partial charge >= 0.3 is 0 Å². The zero-order valence-corrected chi connectivity index (χ0v) is 13.1. The zero-order valence-electron chi connectivity index (χ0n) is 13.1. The first-order valence-electron chi connectivity index (χ1n) is 7.51. The highest BCUT2D eigenvalue weighted by Crippen LogP contribution is 2.17. The largest absolute Gasteiger partial charge is 0.355 e. The molecular formula is C16H16N6O2. The molecule has 3 rings (SSSR count). The van der Waals surface area contributed by atoms with Crippen LogP contribution in [-0.2, 0) is 9.59 Å². The predicted molar refractivity (Wildman–Crippen MR) is 89.0 cm³/mol. The van der Waals surface area contributed by atoms with Gasteiger partial charge in [0, 0.05) is 23.4 Å². The van der Waals surface area contributed by atoms with Gasteiger partial charge in [-0.05, 0) is 13.0 Å². The molecule has 24 heavy (non-hydrogen) atoms. The number of amides is 2. The Morgan fingerprint density at radius 2 is 2.04 bits per heavy atom. The highest BCUT2D eigenvalue weighted by atomic mass is 16.2. The van der Waals surface area contributed by atoms with Crippen LogP contribution in [0.5, 0.6) is 0 Å². The number of carbonyl (C=O) groups is 2. The number of benzene rings is 1. The highest BCUT2D eigenvalue weighted by Gasteiger charge is 2.08. The third-order valence-electron chi connectivity index (χ3n) is 3.36. The van der Waals surface area contributed by atoms with E-state index in [4.69, 9.17) is 0 Å². The SMILES string of the molecule is CCNC(=O)CNC(=O)/C=C/c1nnc2c3ccccc3cnn12. The molecule has 0 spiro atoms. The quantitative estimate of drug-likeness (QED) is 0.667. The molecule has 0 fully saturated rings. The Labute approximate surface area is 137 Å². The molecular weight excluding hydrogens is 308 g/mol. The van der Waals surface area contributed by atoms with E-state index >= 15 is 0 Å². The minimum atomic E-state index is -0.390. The average molecular weight is 324 g/mol. The van der Waals surface area contributed by atoms with Crippen LogP contribution < -0.4 is 10.6 Å². The van der Waals surface area contributed by atoms with Crippen molar-refractivity contribution in [3.8, 4) is 0 Å². The van der Waals surface area contributed by atoms with E-state index in [1.54, 1.807) is 10.7 Å². The molecule has 0 bridgehead atoms. The highest BCUT2D eigenvalue weighted by molar-refractivity contribution is 5.95. The van der Waals surface area contributed by atoms with Crippen LogP contribution in [0.15, 0.2) is 36.5 Å². The van der Waals surface area contributed by atoms with E-state index in [9.17, 15) is 9.59 Å². The van der Waals surface area contributed by atoms with Gasteiger partial charge < -0.3 is 10.6 Å². The van der Waals surface area contributed by atoms with E-state index < -0.39 is 5.91 Å². The van der Waals surface area contributed by atoms with E-state index in [1.807, 2.05) is 31.2 Å². The lowest BCUT2D eigenvalue weighted by Gasteiger charge is -2.02. The minimum absolute atomic E-state index is 0.0690. The number of hydrogen-bond donors (Lipinski definition) is 2. The van der Waals surface area contributed by atoms with E-state index in [1.165, 1.54) is 12.2 Å². The van der Waals surface area contributed by atoms with Gasteiger partial charge in [-0.25, -0.2) is 0 Å². The smallest absolute Gasteiger partial charge is 0.244 e. The maximum atomic E-state index is 11.7. The third-order valence-corrected chi connectivity index (χ3v) is 3.36. The maximum Gasteiger partial charge on any atom is 0.244 e. The van der Waals surface area contributed by atoms with Crippen molar-refractivity contribution in [1.29, 1.82) is 0 Å². The first-order valence-corrected chi connectivity index (χ1v) is 7.51. The summed E-state index contributed by atoms with van der Waals surface area (Å²) in [5, 5.41) is 19.4. The summed E-state index contributed by atoms with van der Waals surface area (Å²) in [6, 6.07) is 7.73. The second kappa shape index (κ2) is 6.86. The Bertz CT molecular complexity index is 931. The number of hydrogen-bond acceptors (Lipinski definition) is 5. The Kier molecular flexibility index (Phi) is 4.46. The van der Waals surface area contributed by atoms with Gasteiger partial charge in [-0.3, -0.25) is 9.59 Å². The number of carbonyl (C=O) groups excluding carboxylic acids is 2. The van der Waals surface area contributed by atoms with Gasteiger partial charge in [0.15, 0.2) is 11.5 Å². The molecule has 1 aromatic carbocycles. The normalized spacial score (nSPS) is 11.2. The molecule has 8 nitrogen and oxygen atoms in total. The van der Waals surface area contributed by atoms with Crippen molar-refractivity contribution in [2.45, 2.75) is 6.92 Å². The van der Waals surface area contributed by atoms with E-state index in [2.05, 4.69) is 25.9 Å². The third kappa shape index (κ3) is 3.22. The Morgan fingerprint density at radius 1 is 1.21 bits per heavy atom. The molecule has 122 valence electrons. The van der Waals surface area contributed by atoms with Crippen LogP contribution in [0.4, 0.5) is 0 Å². The molecule has 2 amide bonds. The van der Waals surface area contributed by atoms with Gasteiger partial charge in [0.1, 0.15) is 0 Å². The number of likely N-dealkylation sites (N-methyl/N-ethyl adjacent to an activating group) is 1. The number of nitrogens with zero attached hydrogens (tertiary/aromatic N) is 4. The standard InChI is InChI=1S/C16H16N6O2/c1-2-17-15(24)10-18-14(23)8-7-13-20-21-16-12-6-4-3-5-11(12)9-19-22(13)16/h3-9H,2,10H2,1H3,(H,17,24)(H,18,23)/b8-7+. The fourth-order valence-electron chi connectivity index (χ4n) is 2.25. The molecule has 0 aliphatic heterocycles. The fraction of sp³-hybridized carbons (Fsp3) is 0.188. The van der Waals surface area contributed by atoms with Gasteiger partial charge in [0.05, 0.1) is 12.7 Å². The van der Waals surface area contributed by atoms with Gasteiger partial charge in [0.25, 0.3) is 0 Å². The number of rotatable bonds is 5. The van der Waals surface area contributed by atoms with Crippen LogP contribution in [-0.4, -0.2) is 44.7 Å². The molecule has 0 aliphatic carbocycles. The summed E-state index contributed by atoms with van der Waals surface area (Å²) >= 11 is 0. The molecule has 0 unspecified atom stereocenters. The van der Waals surface area contributed by atoms with Crippen molar-refractivity contribution in [1.82, 2.24) is 30.4 Å². The van der Waals surface area contributed by atoms with Crippen molar-refractivity contribution >= 4 is 34.3 Å². The zero-order chi connectivity index (χ0) is 16.9. The molecule has 3 aromatic rings. The Morgan fingerprint density at radius 3 is 2.88 bits per heavy atom. The van der Waals surface area contributed by atoms with Crippen molar-refractivity contribution < 1.29 is 9.59 Å². The summed E-state index contributed by atoms with van der Waals surface area (Å²) in [4.78, 5) is 23.0.